The molecule has 1 aliphatic rings. The molecule has 2 heterocycles. The van der Waals surface area contributed by atoms with Gasteiger partial charge in [0.1, 0.15) is 21.4 Å². The largest absolute Gasteiger partial charge is 0.369 e. The van der Waals surface area contributed by atoms with E-state index in [1.807, 2.05) is 10.6 Å². The van der Waals surface area contributed by atoms with E-state index < -0.39 is 9.84 Å². The quantitative estimate of drug-likeness (QED) is 0.851. The molecule has 2 aromatic rings. The van der Waals surface area contributed by atoms with E-state index in [4.69, 9.17) is 11.0 Å². The molecule has 0 bridgehead atoms. The highest BCUT2D eigenvalue weighted by atomic mass is 32.2. The molecule has 20 heavy (non-hydrogen) atoms. The molecule has 0 aliphatic carbocycles. The monoisotopic (exact) mass is 290 g/mol. The van der Waals surface area contributed by atoms with Crippen LogP contribution in [0, 0.1) is 11.3 Å². The van der Waals surface area contributed by atoms with E-state index in [1.165, 1.54) is 0 Å². The van der Waals surface area contributed by atoms with Gasteiger partial charge in [-0.3, -0.25) is 0 Å². The standard InChI is InChI=1S/C13H14N4O2S/c14-8-9-2-1-3-11-12(9)16-13(15)17(11)10-4-6-20(18,19)7-5-10/h1-3,10H,4-7H2,(H2,15,16). The Morgan fingerprint density at radius 1 is 1.35 bits per heavy atom. The highest BCUT2D eigenvalue weighted by molar-refractivity contribution is 7.91. The highest BCUT2D eigenvalue weighted by Gasteiger charge is 2.27. The van der Waals surface area contributed by atoms with E-state index >= 15 is 0 Å². The highest BCUT2D eigenvalue weighted by Crippen LogP contribution is 2.31. The molecule has 3 rings (SSSR count). The summed E-state index contributed by atoms with van der Waals surface area (Å²) in [7, 11) is -2.91. The van der Waals surface area contributed by atoms with Crippen LogP contribution in [0.2, 0.25) is 0 Å². The third-order valence-electron chi connectivity index (χ3n) is 3.76. The maximum Gasteiger partial charge on any atom is 0.201 e. The second-order valence-corrected chi connectivity index (χ2v) is 7.31. The molecule has 7 heteroatoms. The van der Waals surface area contributed by atoms with Crippen molar-refractivity contribution in [1.82, 2.24) is 9.55 Å². The van der Waals surface area contributed by atoms with Gasteiger partial charge in [-0.05, 0) is 25.0 Å². The summed E-state index contributed by atoms with van der Waals surface area (Å²) in [5.41, 5.74) is 7.83. The van der Waals surface area contributed by atoms with E-state index in [1.54, 1.807) is 12.1 Å². The molecule has 104 valence electrons. The van der Waals surface area contributed by atoms with E-state index in [9.17, 15) is 8.42 Å². The Morgan fingerprint density at radius 3 is 2.70 bits per heavy atom. The number of nitrogens with two attached hydrogens (primary N) is 1. The molecule has 1 aromatic carbocycles. The smallest absolute Gasteiger partial charge is 0.201 e. The fraction of sp³-hybridized carbons (Fsp3) is 0.385. The number of hydrogen-bond acceptors (Lipinski definition) is 5. The topological polar surface area (TPSA) is 102 Å². The van der Waals surface area contributed by atoms with Crippen molar-refractivity contribution in [3.05, 3.63) is 23.8 Å². The molecule has 0 radical (unpaired) electrons. The van der Waals surface area contributed by atoms with Crippen LogP contribution < -0.4 is 5.73 Å². The van der Waals surface area contributed by atoms with Crippen LogP contribution in [0.5, 0.6) is 0 Å². The lowest BCUT2D eigenvalue weighted by Gasteiger charge is -2.24. The minimum Gasteiger partial charge on any atom is -0.369 e. The van der Waals surface area contributed by atoms with Gasteiger partial charge >= 0.3 is 0 Å². The first kappa shape index (κ1) is 12.9. The number of anilines is 1. The molecule has 0 spiro atoms. The first-order valence-electron chi connectivity index (χ1n) is 6.39. The third-order valence-corrected chi connectivity index (χ3v) is 5.47. The van der Waals surface area contributed by atoms with Crippen molar-refractivity contribution in [2.75, 3.05) is 17.2 Å². The van der Waals surface area contributed by atoms with E-state index in [0.717, 1.165) is 5.52 Å². The lowest BCUT2D eigenvalue weighted by Crippen LogP contribution is -2.26. The lowest BCUT2D eigenvalue weighted by molar-refractivity contribution is 0.463. The van der Waals surface area contributed by atoms with Crippen LogP contribution in [-0.4, -0.2) is 29.5 Å². The normalized spacial score (nSPS) is 18.9. The predicted molar refractivity (Wildman–Crippen MR) is 75.8 cm³/mol. The van der Waals surface area contributed by atoms with E-state index in [0.29, 0.717) is 29.9 Å². The summed E-state index contributed by atoms with van der Waals surface area (Å²) in [6, 6.07) is 7.48. The van der Waals surface area contributed by atoms with Crippen LogP contribution in [0.15, 0.2) is 18.2 Å². The molecule has 6 nitrogen and oxygen atoms in total. The van der Waals surface area contributed by atoms with Gasteiger partial charge in [-0.2, -0.15) is 5.26 Å². The Hall–Kier alpha value is -2.07. The fourth-order valence-electron chi connectivity index (χ4n) is 2.74. The minimum atomic E-state index is -2.91. The number of nitriles is 1. The maximum atomic E-state index is 11.5. The Bertz CT molecular complexity index is 803. The van der Waals surface area contributed by atoms with Gasteiger partial charge in [-0.1, -0.05) is 6.07 Å². The average Bonchev–Trinajstić information content (AvgIpc) is 2.75. The van der Waals surface area contributed by atoms with Crippen LogP contribution in [0.3, 0.4) is 0 Å². The summed E-state index contributed by atoms with van der Waals surface area (Å²) in [6.07, 6.45) is 1.07. The summed E-state index contributed by atoms with van der Waals surface area (Å²) in [4.78, 5) is 4.26. The van der Waals surface area contributed by atoms with Crippen molar-refractivity contribution in [1.29, 1.82) is 5.26 Å². The van der Waals surface area contributed by atoms with Crippen molar-refractivity contribution in [2.24, 2.45) is 0 Å². The zero-order valence-corrected chi connectivity index (χ0v) is 11.6. The number of fused-ring (bicyclic) bond motifs is 1. The van der Waals surface area contributed by atoms with Gasteiger partial charge in [0.05, 0.1) is 22.6 Å². The zero-order valence-electron chi connectivity index (χ0n) is 10.8. The molecule has 1 fully saturated rings. The lowest BCUT2D eigenvalue weighted by atomic mass is 10.1. The van der Waals surface area contributed by atoms with Crippen molar-refractivity contribution in [3.8, 4) is 6.07 Å². The zero-order chi connectivity index (χ0) is 14.3. The summed E-state index contributed by atoms with van der Waals surface area (Å²) < 4.78 is 24.9. The molecule has 2 N–H and O–H groups in total. The van der Waals surface area contributed by atoms with Crippen LogP contribution in [0.1, 0.15) is 24.4 Å². The van der Waals surface area contributed by atoms with Gasteiger partial charge in [-0.25, -0.2) is 13.4 Å². The van der Waals surface area contributed by atoms with Crippen LogP contribution in [0.4, 0.5) is 5.95 Å². The number of benzene rings is 1. The second-order valence-electron chi connectivity index (χ2n) is 5.01. The number of nitrogens with zero attached hydrogens (tertiary/aromatic N) is 3. The molecule has 0 unspecified atom stereocenters. The Kier molecular flexibility index (Phi) is 2.91. The molecule has 1 aliphatic heterocycles. The number of nitrogen functional groups attached to an aromatic ring is 1. The van der Waals surface area contributed by atoms with Gasteiger partial charge in [0.2, 0.25) is 5.95 Å². The first-order chi connectivity index (χ1) is 9.52. The van der Waals surface area contributed by atoms with Crippen molar-refractivity contribution in [2.45, 2.75) is 18.9 Å². The maximum absolute atomic E-state index is 11.5. The van der Waals surface area contributed by atoms with E-state index in [2.05, 4.69) is 11.1 Å². The molecule has 0 saturated carbocycles. The second kappa shape index (κ2) is 4.49. The number of imidazole rings is 1. The van der Waals surface area contributed by atoms with Gasteiger partial charge in [-0.15, -0.1) is 0 Å². The third kappa shape index (κ3) is 2.02. The first-order valence-corrected chi connectivity index (χ1v) is 8.21. The number of sulfone groups is 1. The van der Waals surface area contributed by atoms with Crippen molar-refractivity contribution < 1.29 is 8.42 Å². The number of rotatable bonds is 1. The molecule has 0 amide bonds. The number of hydrogen-bond donors (Lipinski definition) is 1. The predicted octanol–water partition coefficient (Wildman–Crippen LogP) is 1.24. The van der Waals surface area contributed by atoms with Gasteiger partial charge in [0.25, 0.3) is 0 Å². The van der Waals surface area contributed by atoms with Crippen molar-refractivity contribution in [3.63, 3.8) is 0 Å². The summed E-state index contributed by atoms with van der Waals surface area (Å²) >= 11 is 0. The summed E-state index contributed by atoms with van der Waals surface area (Å²) in [5, 5.41) is 9.10. The Balaban J connectivity index is 2.09. The van der Waals surface area contributed by atoms with Gasteiger partial charge < -0.3 is 10.3 Å². The molecule has 1 aromatic heterocycles. The van der Waals surface area contributed by atoms with E-state index in [-0.39, 0.29) is 17.5 Å². The Labute approximate surface area is 116 Å². The number of aromatic nitrogens is 2. The number of para-hydroxylation sites is 1. The van der Waals surface area contributed by atoms with Crippen LogP contribution in [0.25, 0.3) is 11.0 Å². The SMILES string of the molecule is N#Cc1cccc2c1nc(N)n2C1CCS(=O)(=O)CC1. The summed E-state index contributed by atoms with van der Waals surface area (Å²) in [5.74, 6) is 0.690. The van der Waals surface area contributed by atoms with Gasteiger partial charge in [0.15, 0.2) is 0 Å². The van der Waals surface area contributed by atoms with Gasteiger partial charge in [0, 0.05) is 6.04 Å². The molecular weight excluding hydrogens is 276 g/mol. The summed E-state index contributed by atoms with van der Waals surface area (Å²) in [6.45, 7) is 0. The van der Waals surface area contributed by atoms with Crippen molar-refractivity contribution >= 4 is 26.8 Å². The minimum absolute atomic E-state index is 0.0254. The molecular formula is C13H14N4O2S. The molecule has 0 atom stereocenters. The fourth-order valence-corrected chi connectivity index (χ4v) is 4.21. The van der Waals surface area contributed by atoms with Crippen LogP contribution >= 0.6 is 0 Å². The van der Waals surface area contributed by atoms with Crippen LogP contribution in [-0.2, 0) is 9.84 Å². The molecule has 1 saturated heterocycles. The average molecular weight is 290 g/mol. The Morgan fingerprint density at radius 2 is 2.05 bits per heavy atom.